The van der Waals surface area contributed by atoms with Gasteiger partial charge in [0.15, 0.2) is 5.65 Å². The van der Waals surface area contributed by atoms with E-state index in [-0.39, 0.29) is 11.9 Å². The van der Waals surface area contributed by atoms with Crippen molar-refractivity contribution in [3.05, 3.63) is 73.6 Å². The lowest BCUT2D eigenvalue weighted by atomic mass is 10.1. The first-order valence-electron chi connectivity index (χ1n) is 10.9. The van der Waals surface area contributed by atoms with Gasteiger partial charge in [0.05, 0.1) is 11.4 Å². The van der Waals surface area contributed by atoms with Gasteiger partial charge in [0.1, 0.15) is 29.3 Å². The van der Waals surface area contributed by atoms with E-state index in [0.717, 1.165) is 24.2 Å². The summed E-state index contributed by atoms with van der Waals surface area (Å²) in [4.78, 5) is 22.7. The van der Waals surface area contributed by atoms with E-state index < -0.39 is 0 Å². The number of anilines is 1. The van der Waals surface area contributed by atoms with Crippen molar-refractivity contribution in [2.45, 2.75) is 18.9 Å². The minimum absolute atomic E-state index is 0.0320. The Morgan fingerprint density at radius 2 is 1.91 bits per heavy atom. The second-order valence-corrected chi connectivity index (χ2v) is 7.95. The van der Waals surface area contributed by atoms with Crippen molar-refractivity contribution in [2.24, 2.45) is 0 Å². The molecule has 0 saturated carbocycles. The minimum Gasteiger partial charge on any atom is -0.457 e. The summed E-state index contributed by atoms with van der Waals surface area (Å²) in [6.07, 6.45) is 4.55. The number of likely N-dealkylation sites (tertiary alicyclic amines) is 1. The van der Waals surface area contributed by atoms with Crippen LogP contribution in [0.5, 0.6) is 11.5 Å². The fourth-order valence-corrected chi connectivity index (χ4v) is 4.29. The summed E-state index contributed by atoms with van der Waals surface area (Å²) in [5.41, 5.74) is 8.40. The molecule has 1 amide bonds. The molecule has 8 nitrogen and oxygen atoms in total. The zero-order valence-corrected chi connectivity index (χ0v) is 18.1. The molecule has 0 bridgehead atoms. The largest absolute Gasteiger partial charge is 0.457 e. The predicted molar refractivity (Wildman–Crippen MR) is 127 cm³/mol. The Labute approximate surface area is 191 Å². The van der Waals surface area contributed by atoms with Gasteiger partial charge in [-0.15, -0.1) is 0 Å². The van der Waals surface area contributed by atoms with E-state index in [1.165, 1.54) is 12.4 Å². The van der Waals surface area contributed by atoms with Crippen molar-refractivity contribution in [1.29, 1.82) is 0 Å². The van der Waals surface area contributed by atoms with Crippen molar-refractivity contribution in [2.75, 3.05) is 18.8 Å². The number of carbonyl (C=O) groups is 1. The molecule has 1 atom stereocenters. The monoisotopic (exact) mass is 440 g/mol. The Kier molecular flexibility index (Phi) is 5.48. The lowest BCUT2D eigenvalue weighted by molar-refractivity contribution is -0.127. The number of hydrogen-bond acceptors (Lipinski definition) is 6. The van der Waals surface area contributed by atoms with Crippen LogP contribution in [0.25, 0.3) is 22.3 Å². The molecule has 2 aromatic heterocycles. The molecular weight excluding hydrogens is 416 g/mol. The number of ether oxygens (including phenoxy) is 1. The van der Waals surface area contributed by atoms with Gasteiger partial charge in [-0.25, -0.2) is 14.6 Å². The molecule has 0 unspecified atom stereocenters. The van der Waals surface area contributed by atoms with Gasteiger partial charge in [0.25, 0.3) is 0 Å². The van der Waals surface area contributed by atoms with E-state index in [0.29, 0.717) is 41.4 Å². The number of rotatable bonds is 5. The highest BCUT2D eigenvalue weighted by atomic mass is 16.5. The Morgan fingerprint density at radius 1 is 1.12 bits per heavy atom. The molecule has 33 heavy (non-hydrogen) atoms. The first-order valence-corrected chi connectivity index (χ1v) is 10.9. The number of fused-ring (bicyclic) bond motifs is 1. The van der Waals surface area contributed by atoms with E-state index in [2.05, 4.69) is 16.5 Å². The molecule has 3 heterocycles. The number of piperidine rings is 1. The van der Waals surface area contributed by atoms with Gasteiger partial charge in [-0.2, -0.15) is 5.10 Å². The van der Waals surface area contributed by atoms with Crippen LogP contribution in [0, 0.1) is 0 Å². The van der Waals surface area contributed by atoms with Gasteiger partial charge >= 0.3 is 0 Å². The van der Waals surface area contributed by atoms with Crippen LogP contribution in [-0.2, 0) is 4.79 Å². The van der Waals surface area contributed by atoms with Crippen LogP contribution in [0.1, 0.15) is 18.9 Å². The summed E-state index contributed by atoms with van der Waals surface area (Å²) in [6.45, 7) is 4.86. The van der Waals surface area contributed by atoms with Crippen molar-refractivity contribution < 1.29 is 9.53 Å². The number of amides is 1. The summed E-state index contributed by atoms with van der Waals surface area (Å²) < 4.78 is 8.06. The van der Waals surface area contributed by atoms with Crippen LogP contribution in [-0.4, -0.2) is 43.6 Å². The van der Waals surface area contributed by atoms with Crippen LogP contribution in [0.2, 0.25) is 0 Å². The molecule has 0 spiro atoms. The van der Waals surface area contributed by atoms with E-state index >= 15 is 0 Å². The van der Waals surface area contributed by atoms with Gasteiger partial charge in [0.2, 0.25) is 5.91 Å². The van der Waals surface area contributed by atoms with Crippen LogP contribution >= 0.6 is 0 Å². The highest BCUT2D eigenvalue weighted by Crippen LogP contribution is 2.39. The van der Waals surface area contributed by atoms with Crippen molar-refractivity contribution in [3.63, 3.8) is 0 Å². The third kappa shape index (κ3) is 3.91. The zero-order valence-electron chi connectivity index (χ0n) is 18.1. The molecule has 8 heteroatoms. The summed E-state index contributed by atoms with van der Waals surface area (Å²) >= 11 is 0. The molecule has 0 radical (unpaired) electrons. The maximum Gasteiger partial charge on any atom is 0.246 e. The molecule has 166 valence electrons. The number of carbonyl (C=O) groups excluding carboxylic acids is 1. The fraction of sp³-hybridized carbons (Fsp3) is 0.200. The smallest absolute Gasteiger partial charge is 0.246 e. The molecule has 1 aliphatic heterocycles. The Morgan fingerprint density at radius 3 is 2.73 bits per heavy atom. The summed E-state index contributed by atoms with van der Waals surface area (Å²) in [5.74, 6) is 1.66. The van der Waals surface area contributed by atoms with Gasteiger partial charge < -0.3 is 15.4 Å². The van der Waals surface area contributed by atoms with E-state index in [4.69, 9.17) is 15.6 Å². The minimum atomic E-state index is -0.0767. The Hall–Kier alpha value is -4.20. The Balaban J connectivity index is 1.61. The summed E-state index contributed by atoms with van der Waals surface area (Å²) in [6, 6.07) is 17.3. The molecule has 1 saturated heterocycles. The summed E-state index contributed by atoms with van der Waals surface area (Å²) in [5, 5.41) is 5.63. The molecule has 2 aromatic carbocycles. The number of para-hydroxylation sites is 2. The van der Waals surface area contributed by atoms with Crippen molar-refractivity contribution >= 4 is 22.8 Å². The molecule has 4 aromatic rings. The molecule has 0 aliphatic carbocycles. The highest BCUT2D eigenvalue weighted by molar-refractivity contribution is 5.99. The van der Waals surface area contributed by atoms with Crippen LogP contribution in [0.4, 0.5) is 5.82 Å². The Bertz CT molecular complexity index is 1320. The van der Waals surface area contributed by atoms with E-state index in [1.54, 1.807) is 4.90 Å². The highest BCUT2D eigenvalue weighted by Gasteiger charge is 2.28. The molecule has 1 fully saturated rings. The van der Waals surface area contributed by atoms with Crippen LogP contribution < -0.4 is 10.5 Å². The van der Waals surface area contributed by atoms with E-state index in [9.17, 15) is 4.79 Å². The van der Waals surface area contributed by atoms with Crippen LogP contribution in [0.15, 0.2) is 73.6 Å². The number of aromatic nitrogens is 4. The SMILES string of the molecule is C=CC(=O)N1CCC[C@@H](n2nc(-c3ccccc3Oc3ccccc3)c3c(N)ncnc32)C1. The predicted octanol–water partition coefficient (Wildman–Crippen LogP) is 4.22. The molecule has 1 aliphatic rings. The zero-order chi connectivity index (χ0) is 22.8. The van der Waals surface area contributed by atoms with Crippen molar-refractivity contribution in [1.82, 2.24) is 24.6 Å². The van der Waals surface area contributed by atoms with E-state index in [1.807, 2.05) is 59.3 Å². The maximum absolute atomic E-state index is 12.2. The second kappa shape index (κ2) is 8.74. The fourth-order valence-electron chi connectivity index (χ4n) is 4.29. The van der Waals surface area contributed by atoms with Gasteiger partial charge in [0, 0.05) is 18.7 Å². The molecule has 5 rings (SSSR count). The number of hydrogen-bond donors (Lipinski definition) is 1. The molecule has 2 N–H and O–H groups in total. The number of benzene rings is 2. The first-order chi connectivity index (χ1) is 16.2. The standard InChI is InChI=1S/C25H24N6O2/c1-2-21(32)30-14-8-9-17(15-30)31-25-22(24(26)27-16-28-25)23(29-31)19-12-6-7-13-20(19)33-18-10-4-3-5-11-18/h2-7,10-13,16-17H,1,8-9,14-15H2,(H2,26,27,28)/t17-/m1/s1. The lowest BCUT2D eigenvalue weighted by Gasteiger charge is -2.32. The lowest BCUT2D eigenvalue weighted by Crippen LogP contribution is -2.40. The summed E-state index contributed by atoms with van der Waals surface area (Å²) in [7, 11) is 0. The third-order valence-electron chi connectivity index (χ3n) is 5.86. The number of nitrogens with two attached hydrogens (primary N) is 1. The normalized spacial score (nSPS) is 16.0. The van der Waals surface area contributed by atoms with Gasteiger partial charge in [-0.05, 0) is 43.2 Å². The molecular formula is C25H24N6O2. The quantitative estimate of drug-likeness (QED) is 0.467. The van der Waals surface area contributed by atoms with Gasteiger partial charge in [-0.3, -0.25) is 4.79 Å². The number of nitrogens with zero attached hydrogens (tertiary/aromatic N) is 5. The average molecular weight is 441 g/mol. The van der Waals surface area contributed by atoms with Gasteiger partial charge in [-0.1, -0.05) is 36.9 Å². The third-order valence-corrected chi connectivity index (χ3v) is 5.86. The van der Waals surface area contributed by atoms with Crippen molar-refractivity contribution in [3.8, 4) is 22.8 Å². The topological polar surface area (TPSA) is 99.2 Å². The first kappa shape index (κ1) is 20.7. The van der Waals surface area contributed by atoms with Crippen LogP contribution in [0.3, 0.4) is 0 Å². The second-order valence-electron chi connectivity index (χ2n) is 7.95. The number of nitrogen functional groups attached to an aromatic ring is 1. The average Bonchev–Trinajstić information content (AvgIpc) is 3.25. The maximum atomic E-state index is 12.2.